The van der Waals surface area contributed by atoms with Gasteiger partial charge in [-0.25, -0.2) is 8.78 Å². The minimum absolute atomic E-state index is 0.00553. The van der Waals surface area contributed by atoms with E-state index in [4.69, 9.17) is 0 Å². The normalized spacial score (nSPS) is 10.8. The molecule has 1 N–H and O–H groups in total. The maximum atomic E-state index is 13.8. The molecule has 0 fully saturated rings. The van der Waals surface area contributed by atoms with Gasteiger partial charge < -0.3 is 9.88 Å². The van der Waals surface area contributed by atoms with Crippen LogP contribution in [0.1, 0.15) is 6.92 Å². The Kier molecular flexibility index (Phi) is 6.17. The fraction of sp³-hybridized carbons (Fsp3) is 0.176. The molecule has 0 saturated heterocycles. The molecule has 0 bridgehead atoms. The van der Waals surface area contributed by atoms with Crippen LogP contribution in [0.2, 0.25) is 0 Å². The van der Waals surface area contributed by atoms with Crippen LogP contribution < -0.4 is 5.32 Å². The Morgan fingerprint density at radius 3 is 2.81 bits per heavy atom. The molecule has 0 aliphatic heterocycles. The molecule has 6 nitrogen and oxygen atoms in total. The second kappa shape index (κ2) is 8.57. The third kappa shape index (κ3) is 4.51. The van der Waals surface area contributed by atoms with Crippen molar-refractivity contribution in [3.63, 3.8) is 0 Å². The minimum atomic E-state index is -0.851. The van der Waals surface area contributed by atoms with E-state index in [0.717, 1.165) is 11.6 Å². The van der Waals surface area contributed by atoms with Crippen LogP contribution in [0.25, 0.3) is 11.4 Å². The number of carbonyl (C=O) groups is 1. The first-order valence-electron chi connectivity index (χ1n) is 7.90. The van der Waals surface area contributed by atoms with Gasteiger partial charge in [-0.1, -0.05) is 11.8 Å². The number of anilines is 1. The van der Waals surface area contributed by atoms with E-state index in [9.17, 15) is 13.6 Å². The SMILES string of the molecule is CCn1c(SCC(=O)Nc2c(F)cc(F)cc2Br)nnc1-c1cccnc1. The Morgan fingerprint density at radius 2 is 2.15 bits per heavy atom. The lowest BCUT2D eigenvalue weighted by molar-refractivity contribution is -0.113. The molecule has 0 aliphatic rings. The highest BCUT2D eigenvalue weighted by atomic mass is 79.9. The molecule has 140 valence electrons. The number of benzene rings is 1. The van der Waals surface area contributed by atoms with E-state index in [1.165, 1.54) is 11.8 Å². The van der Waals surface area contributed by atoms with Crippen LogP contribution in [-0.4, -0.2) is 31.4 Å². The lowest BCUT2D eigenvalue weighted by Crippen LogP contribution is -2.16. The van der Waals surface area contributed by atoms with Gasteiger partial charge in [0.1, 0.15) is 5.82 Å². The average Bonchev–Trinajstić information content (AvgIpc) is 3.06. The molecule has 2 heterocycles. The predicted molar refractivity (Wildman–Crippen MR) is 102 cm³/mol. The maximum absolute atomic E-state index is 13.8. The zero-order chi connectivity index (χ0) is 19.4. The second-order valence-corrected chi connectivity index (χ2v) is 7.17. The summed E-state index contributed by atoms with van der Waals surface area (Å²) in [5.74, 6) is -1.38. The Balaban J connectivity index is 1.70. The van der Waals surface area contributed by atoms with Gasteiger partial charge in [0.05, 0.1) is 11.4 Å². The fourth-order valence-corrected chi connectivity index (χ4v) is 3.67. The van der Waals surface area contributed by atoms with Crippen molar-refractivity contribution in [1.82, 2.24) is 19.7 Å². The van der Waals surface area contributed by atoms with Gasteiger partial charge in [-0.2, -0.15) is 0 Å². The summed E-state index contributed by atoms with van der Waals surface area (Å²) in [6.07, 6.45) is 3.36. The third-order valence-electron chi connectivity index (χ3n) is 3.56. The fourth-order valence-electron chi connectivity index (χ4n) is 2.36. The number of hydrogen-bond acceptors (Lipinski definition) is 5. The van der Waals surface area contributed by atoms with Crippen LogP contribution in [0.4, 0.5) is 14.5 Å². The van der Waals surface area contributed by atoms with Crippen LogP contribution >= 0.6 is 27.7 Å². The Bertz CT molecular complexity index is 944. The summed E-state index contributed by atoms with van der Waals surface area (Å²) >= 11 is 4.21. The van der Waals surface area contributed by atoms with Crippen molar-refractivity contribution in [1.29, 1.82) is 0 Å². The number of rotatable bonds is 6. The standard InChI is InChI=1S/C17H14BrF2N5OS/c1-2-25-16(10-4-3-5-21-8-10)23-24-17(25)27-9-14(26)22-15-12(18)6-11(19)7-13(15)20/h3-8H,2,9H2,1H3,(H,22,26). The van der Waals surface area contributed by atoms with Crippen LogP contribution in [0, 0.1) is 11.6 Å². The molecule has 0 aliphatic carbocycles. The van der Waals surface area contributed by atoms with Gasteiger partial charge in [0.2, 0.25) is 5.91 Å². The van der Waals surface area contributed by atoms with Crippen LogP contribution in [0.15, 0.2) is 46.3 Å². The summed E-state index contributed by atoms with van der Waals surface area (Å²) in [6.45, 7) is 2.55. The van der Waals surface area contributed by atoms with Gasteiger partial charge in [-0.15, -0.1) is 10.2 Å². The van der Waals surface area contributed by atoms with Crippen molar-refractivity contribution in [3.8, 4) is 11.4 Å². The average molecular weight is 454 g/mol. The molecule has 27 heavy (non-hydrogen) atoms. The van der Waals surface area contributed by atoms with Crippen molar-refractivity contribution in [2.75, 3.05) is 11.1 Å². The first-order chi connectivity index (χ1) is 13.0. The molecule has 3 rings (SSSR count). The van der Waals surface area contributed by atoms with Crippen LogP contribution in [0.3, 0.4) is 0 Å². The van der Waals surface area contributed by atoms with Crippen molar-refractivity contribution >= 4 is 39.3 Å². The summed E-state index contributed by atoms with van der Waals surface area (Å²) in [5, 5.41) is 11.3. The lowest BCUT2D eigenvalue weighted by atomic mass is 10.3. The molecule has 0 unspecified atom stereocenters. The number of hydrogen-bond donors (Lipinski definition) is 1. The highest BCUT2D eigenvalue weighted by Gasteiger charge is 2.16. The number of aromatic nitrogens is 4. The van der Waals surface area contributed by atoms with Gasteiger partial charge in [-0.3, -0.25) is 9.78 Å². The molecule has 0 saturated carbocycles. The molecular weight excluding hydrogens is 440 g/mol. The minimum Gasteiger partial charge on any atom is -0.322 e. The first-order valence-corrected chi connectivity index (χ1v) is 9.68. The van der Waals surface area contributed by atoms with Crippen molar-refractivity contribution in [2.24, 2.45) is 0 Å². The number of carbonyl (C=O) groups excluding carboxylic acids is 1. The smallest absolute Gasteiger partial charge is 0.234 e. The topological polar surface area (TPSA) is 72.7 Å². The zero-order valence-corrected chi connectivity index (χ0v) is 16.5. The molecule has 2 aromatic heterocycles. The van der Waals surface area contributed by atoms with E-state index in [0.29, 0.717) is 23.6 Å². The number of nitrogens with zero attached hydrogens (tertiary/aromatic N) is 4. The molecule has 10 heteroatoms. The predicted octanol–water partition coefficient (Wildman–Crippen LogP) is 4.13. The molecule has 0 radical (unpaired) electrons. The van der Waals surface area contributed by atoms with E-state index in [1.807, 2.05) is 17.6 Å². The van der Waals surface area contributed by atoms with Gasteiger partial charge >= 0.3 is 0 Å². The van der Waals surface area contributed by atoms with E-state index >= 15 is 0 Å². The zero-order valence-electron chi connectivity index (χ0n) is 14.1. The summed E-state index contributed by atoms with van der Waals surface area (Å²) < 4.78 is 29.0. The summed E-state index contributed by atoms with van der Waals surface area (Å²) in [4.78, 5) is 16.2. The van der Waals surface area contributed by atoms with Gasteiger partial charge in [-0.05, 0) is 41.1 Å². The van der Waals surface area contributed by atoms with E-state index < -0.39 is 17.5 Å². The van der Waals surface area contributed by atoms with Crippen LogP contribution in [-0.2, 0) is 11.3 Å². The van der Waals surface area contributed by atoms with Crippen LogP contribution in [0.5, 0.6) is 0 Å². The van der Waals surface area contributed by atoms with Gasteiger partial charge in [0.15, 0.2) is 16.8 Å². The number of amides is 1. The first kappa shape index (κ1) is 19.4. The quantitative estimate of drug-likeness (QED) is 0.568. The molecule has 1 amide bonds. The Hall–Kier alpha value is -2.33. The van der Waals surface area contributed by atoms with Crippen molar-refractivity contribution in [3.05, 3.63) is 52.8 Å². The Morgan fingerprint density at radius 1 is 1.33 bits per heavy atom. The van der Waals surface area contributed by atoms with E-state index in [-0.39, 0.29) is 15.9 Å². The lowest BCUT2D eigenvalue weighted by Gasteiger charge is -2.09. The van der Waals surface area contributed by atoms with E-state index in [2.05, 4.69) is 36.4 Å². The number of thioether (sulfide) groups is 1. The maximum Gasteiger partial charge on any atom is 0.234 e. The Labute approximate surface area is 166 Å². The van der Waals surface area contributed by atoms with Gasteiger partial charge in [0, 0.05) is 35.0 Å². The highest BCUT2D eigenvalue weighted by Crippen LogP contribution is 2.28. The molecule has 0 spiro atoms. The summed E-state index contributed by atoms with van der Waals surface area (Å²) in [5.41, 5.74) is 0.718. The number of halogens is 3. The number of pyridine rings is 1. The van der Waals surface area contributed by atoms with Gasteiger partial charge in [0.25, 0.3) is 0 Å². The largest absolute Gasteiger partial charge is 0.322 e. The monoisotopic (exact) mass is 453 g/mol. The summed E-state index contributed by atoms with van der Waals surface area (Å²) in [6, 6.07) is 5.47. The van der Waals surface area contributed by atoms with Crippen molar-refractivity contribution in [2.45, 2.75) is 18.6 Å². The third-order valence-corrected chi connectivity index (χ3v) is 5.15. The second-order valence-electron chi connectivity index (χ2n) is 5.37. The number of nitrogens with one attached hydrogen (secondary N) is 1. The molecular formula is C17H14BrF2N5OS. The molecule has 0 atom stereocenters. The van der Waals surface area contributed by atoms with E-state index in [1.54, 1.807) is 18.5 Å². The molecule has 1 aromatic carbocycles. The summed E-state index contributed by atoms with van der Waals surface area (Å²) in [7, 11) is 0. The van der Waals surface area contributed by atoms with Crippen molar-refractivity contribution < 1.29 is 13.6 Å². The molecule has 3 aromatic rings. The highest BCUT2D eigenvalue weighted by molar-refractivity contribution is 9.10.